The molecule has 0 radical (unpaired) electrons. The van der Waals surface area contributed by atoms with Gasteiger partial charge >= 0.3 is 5.97 Å². The van der Waals surface area contributed by atoms with Crippen LogP contribution in [-0.2, 0) is 15.9 Å². The second kappa shape index (κ2) is 10.0. The van der Waals surface area contributed by atoms with Crippen molar-refractivity contribution >= 4 is 29.8 Å². The number of hydrogen-bond acceptors (Lipinski definition) is 6. The molecule has 9 nitrogen and oxygen atoms in total. The Morgan fingerprint density at radius 3 is 2.53 bits per heavy atom. The third-order valence-electron chi connectivity index (χ3n) is 5.24. The Morgan fingerprint density at radius 2 is 1.81 bits per heavy atom. The standard InChI is InChI=1S/C22H24N3O6P/c23-20(22(26)27)11-12-32(30,31)21(16-7-4-9-18(13-16)25(28)29)24-14-17-8-3-6-15-5-1-2-10-19(15)17/h1-10,13,20-21,24H,11-12,14,23H2,(H,26,27)(H,30,31)/t20-,21?/m0/s1. The van der Waals surface area contributed by atoms with E-state index in [1.807, 2.05) is 42.5 Å². The lowest BCUT2D eigenvalue weighted by molar-refractivity contribution is -0.384. The summed E-state index contributed by atoms with van der Waals surface area (Å²) >= 11 is 0. The van der Waals surface area contributed by atoms with Gasteiger partial charge in [0.05, 0.1) is 4.92 Å². The number of nitrogens with one attached hydrogen (secondary N) is 1. The molecule has 0 saturated carbocycles. The van der Waals surface area contributed by atoms with E-state index in [1.54, 1.807) is 0 Å². The van der Waals surface area contributed by atoms with Crippen LogP contribution in [0.25, 0.3) is 10.8 Å². The molecule has 0 fully saturated rings. The second-order valence-corrected chi connectivity index (χ2v) is 9.96. The smallest absolute Gasteiger partial charge is 0.320 e. The third-order valence-corrected chi connectivity index (χ3v) is 7.43. The number of nitro groups is 1. The van der Waals surface area contributed by atoms with Gasteiger partial charge in [-0.05, 0) is 28.3 Å². The summed E-state index contributed by atoms with van der Waals surface area (Å²) in [5, 5.41) is 25.3. The fourth-order valence-corrected chi connectivity index (χ4v) is 5.44. The number of rotatable bonds is 10. The van der Waals surface area contributed by atoms with E-state index in [0.29, 0.717) is 0 Å². The molecule has 3 rings (SSSR count). The molecule has 0 aromatic heterocycles. The number of carboxylic acids is 1. The molecule has 0 aliphatic carbocycles. The molecule has 32 heavy (non-hydrogen) atoms. The van der Waals surface area contributed by atoms with Crippen LogP contribution in [0.4, 0.5) is 5.69 Å². The molecular weight excluding hydrogens is 433 g/mol. The monoisotopic (exact) mass is 457 g/mol. The Hall–Kier alpha value is -3.10. The molecule has 2 unspecified atom stereocenters. The molecule has 3 aromatic carbocycles. The van der Waals surface area contributed by atoms with Crippen molar-refractivity contribution in [2.45, 2.75) is 24.8 Å². The first-order valence-corrected chi connectivity index (χ1v) is 11.8. The van der Waals surface area contributed by atoms with Gasteiger partial charge in [-0.1, -0.05) is 54.6 Å². The number of nitrogens with zero attached hydrogens (tertiary/aromatic N) is 1. The lowest BCUT2D eigenvalue weighted by atomic mass is 10.0. The first kappa shape index (κ1) is 23.6. The number of nitrogens with two attached hydrogens (primary N) is 1. The quantitative estimate of drug-likeness (QED) is 0.204. The maximum atomic E-state index is 13.3. The molecule has 0 saturated heterocycles. The molecule has 0 heterocycles. The summed E-state index contributed by atoms with van der Waals surface area (Å²) in [5.41, 5.74) is 6.47. The highest BCUT2D eigenvalue weighted by molar-refractivity contribution is 7.58. The minimum absolute atomic E-state index is 0.204. The van der Waals surface area contributed by atoms with Crippen LogP contribution < -0.4 is 11.1 Å². The van der Waals surface area contributed by atoms with Crippen LogP contribution in [0.1, 0.15) is 23.3 Å². The predicted molar refractivity (Wildman–Crippen MR) is 122 cm³/mol. The van der Waals surface area contributed by atoms with Gasteiger partial charge < -0.3 is 15.7 Å². The minimum atomic E-state index is -4.04. The second-order valence-electron chi connectivity index (χ2n) is 7.49. The highest BCUT2D eigenvalue weighted by atomic mass is 31.2. The van der Waals surface area contributed by atoms with E-state index in [4.69, 9.17) is 10.8 Å². The van der Waals surface area contributed by atoms with E-state index >= 15 is 0 Å². The predicted octanol–water partition coefficient (Wildman–Crippen LogP) is 3.61. The van der Waals surface area contributed by atoms with E-state index in [9.17, 15) is 24.4 Å². The van der Waals surface area contributed by atoms with Crippen LogP contribution in [-0.4, -0.2) is 33.1 Å². The zero-order chi connectivity index (χ0) is 23.3. The summed E-state index contributed by atoms with van der Waals surface area (Å²) in [7, 11) is -4.04. The fourth-order valence-electron chi connectivity index (χ4n) is 3.53. The zero-order valence-corrected chi connectivity index (χ0v) is 18.0. The van der Waals surface area contributed by atoms with Crippen LogP contribution in [0.5, 0.6) is 0 Å². The zero-order valence-electron chi connectivity index (χ0n) is 17.1. The number of benzene rings is 3. The van der Waals surface area contributed by atoms with Gasteiger partial charge in [-0.3, -0.25) is 24.8 Å². The molecule has 3 aromatic rings. The van der Waals surface area contributed by atoms with Gasteiger partial charge in [0.2, 0.25) is 7.37 Å². The average molecular weight is 457 g/mol. The van der Waals surface area contributed by atoms with E-state index in [1.165, 1.54) is 24.3 Å². The topological polar surface area (TPSA) is 156 Å². The average Bonchev–Trinajstić information content (AvgIpc) is 2.77. The molecule has 10 heteroatoms. The number of fused-ring (bicyclic) bond motifs is 1. The largest absolute Gasteiger partial charge is 0.480 e. The summed E-state index contributed by atoms with van der Waals surface area (Å²) in [5.74, 6) is -2.40. The van der Waals surface area contributed by atoms with Crippen LogP contribution in [0.3, 0.4) is 0 Å². The van der Waals surface area contributed by atoms with Gasteiger partial charge in [-0.15, -0.1) is 0 Å². The van der Waals surface area contributed by atoms with Crippen molar-refractivity contribution in [2.24, 2.45) is 5.73 Å². The highest BCUT2D eigenvalue weighted by Gasteiger charge is 2.34. The Kier molecular flexibility index (Phi) is 7.37. The number of carbonyl (C=O) groups is 1. The molecule has 0 amide bonds. The number of non-ortho nitro benzene ring substituents is 1. The van der Waals surface area contributed by atoms with E-state index in [0.717, 1.165) is 16.3 Å². The van der Waals surface area contributed by atoms with Crippen molar-refractivity contribution in [2.75, 3.05) is 6.16 Å². The van der Waals surface area contributed by atoms with Crippen molar-refractivity contribution in [1.29, 1.82) is 0 Å². The Morgan fingerprint density at radius 1 is 1.12 bits per heavy atom. The van der Waals surface area contributed by atoms with Crippen LogP contribution in [0.15, 0.2) is 66.7 Å². The Labute approximate surface area is 184 Å². The summed E-state index contributed by atoms with van der Waals surface area (Å²) in [6.07, 6.45) is -0.555. The van der Waals surface area contributed by atoms with E-state index in [2.05, 4.69) is 5.32 Å². The van der Waals surface area contributed by atoms with Crippen LogP contribution in [0, 0.1) is 10.1 Å². The summed E-state index contributed by atoms with van der Waals surface area (Å²) in [6, 6.07) is 17.7. The fraction of sp³-hybridized carbons (Fsp3) is 0.227. The molecule has 3 atom stereocenters. The number of carboxylic acid groups (broad SMARTS) is 1. The third kappa shape index (κ3) is 5.57. The van der Waals surface area contributed by atoms with Gasteiger partial charge in [0.15, 0.2) is 0 Å². The van der Waals surface area contributed by atoms with Crippen molar-refractivity contribution in [1.82, 2.24) is 5.32 Å². The molecule has 5 N–H and O–H groups in total. The normalized spacial score (nSPS) is 15.1. The number of aliphatic carboxylic acids is 1. The maximum absolute atomic E-state index is 13.3. The van der Waals surface area contributed by atoms with E-state index < -0.39 is 30.1 Å². The molecule has 0 spiro atoms. The van der Waals surface area contributed by atoms with Crippen molar-refractivity contribution < 1.29 is 24.3 Å². The lowest BCUT2D eigenvalue weighted by Crippen LogP contribution is -2.31. The van der Waals surface area contributed by atoms with Crippen molar-refractivity contribution in [3.05, 3.63) is 88.0 Å². The minimum Gasteiger partial charge on any atom is -0.480 e. The number of nitro benzene ring substituents is 1. The maximum Gasteiger partial charge on any atom is 0.320 e. The summed E-state index contributed by atoms with van der Waals surface area (Å²) in [6.45, 7) is 0.226. The van der Waals surface area contributed by atoms with Gasteiger partial charge in [0.1, 0.15) is 11.8 Å². The van der Waals surface area contributed by atoms with E-state index in [-0.39, 0.29) is 30.4 Å². The molecular formula is C22H24N3O6P. The Bertz CT molecular complexity index is 1180. The number of hydrogen-bond donors (Lipinski definition) is 4. The van der Waals surface area contributed by atoms with Crippen molar-refractivity contribution in [3.8, 4) is 0 Å². The van der Waals surface area contributed by atoms with Crippen LogP contribution in [0.2, 0.25) is 0 Å². The Balaban J connectivity index is 1.92. The van der Waals surface area contributed by atoms with Crippen LogP contribution >= 0.6 is 7.37 Å². The van der Waals surface area contributed by atoms with Gasteiger partial charge in [0.25, 0.3) is 5.69 Å². The first-order valence-electron chi connectivity index (χ1n) is 9.93. The van der Waals surface area contributed by atoms with Gasteiger partial charge in [-0.25, -0.2) is 0 Å². The molecule has 168 valence electrons. The van der Waals surface area contributed by atoms with Gasteiger partial charge in [-0.2, -0.15) is 0 Å². The lowest BCUT2D eigenvalue weighted by Gasteiger charge is -2.25. The van der Waals surface area contributed by atoms with Gasteiger partial charge in [0, 0.05) is 24.8 Å². The SMILES string of the molecule is N[C@@H](CCP(=O)(O)C(NCc1cccc2ccccc12)c1cccc([N+](=O)[O-])c1)C(=O)O. The summed E-state index contributed by atoms with van der Waals surface area (Å²) < 4.78 is 13.3. The molecule has 0 aliphatic rings. The summed E-state index contributed by atoms with van der Waals surface area (Å²) in [4.78, 5) is 32.5. The first-order chi connectivity index (χ1) is 15.2. The molecule has 0 bridgehead atoms. The van der Waals surface area contributed by atoms with Crippen molar-refractivity contribution in [3.63, 3.8) is 0 Å². The molecule has 0 aliphatic heterocycles. The highest BCUT2D eigenvalue weighted by Crippen LogP contribution is 2.55.